The molecule has 0 aliphatic carbocycles. The van der Waals surface area contributed by atoms with Crippen molar-refractivity contribution in [2.45, 2.75) is 52.9 Å². The van der Waals surface area contributed by atoms with Crippen molar-refractivity contribution in [3.8, 4) is 5.75 Å². The van der Waals surface area contributed by atoms with Gasteiger partial charge in [0.15, 0.2) is 0 Å². The highest BCUT2D eigenvalue weighted by Crippen LogP contribution is 2.27. The van der Waals surface area contributed by atoms with E-state index >= 15 is 0 Å². The summed E-state index contributed by atoms with van der Waals surface area (Å²) in [7, 11) is 0. The first kappa shape index (κ1) is 26.6. The fraction of sp³-hybridized carbons (Fsp3) is 0.500. The highest BCUT2D eigenvalue weighted by molar-refractivity contribution is 5.95. The summed E-state index contributed by atoms with van der Waals surface area (Å²) in [6.07, 6.45) is 4.00. The van der Waals surface area contributed by atoms with Gasteiger partial charge < -0.3 is 9.64 Å². The number of likely N-dealkylation sites (tertiary alicyclic amines) is 1. The van der Waals surface area contributed by atoms with Crippen LogP contribution >= 0.6 is 0 Å². The standard InChI is InChI=1S/C28H37F2N3O2/c1-19(2)27(31)32-28(34)33-15-12-22(13-16-33)20(3)14-17-35-25-9-5-21(6-10-25)4-7-23-18-24(29)8-11-26(23)30/h5-6,8-11,18-20,22H,4,7,12-17H2,1-3H3,(H2,31,32,34)/p+1/t20-/m1/s1. The summed E-state index contributed by atoms with van der Waals surface area (Å²) in [6.45, 7) is 8.29. The van der Waals surface area contributed by atoms with E-state index in [1.54, 1.807) is 0 Å². The van der Waals surface area contributed by atoms with E-state index < -0.39 is 5.82 Å². The molecule has 2 aromatic carbocycles. The lowest BCUT2D eigenvalue weighted by Crippen LogP contribution is -2.57. The first-order chi connectivity index (χ1) is 16.7. The summed E-state index contributed by atoms with van der Waals surface area (Å²) in [6, 6.07) is 11.3. The average Bonchev–Trinajstić information content (AvgIpc) is 2.85. The van der Waals surface area contributed by atoms with Crippen LogP contribution in [0.5, 0.6) is 5.75 Å². The Morgan fingerprint density at radius 3 is 2.43 bits per heavy atom. The smallest absolute Gasteiger partial charge is 0.408 e. The molecule has 5 nitrogen and oxygen atoms in total. The van der Waals surface area contributed by atoms with Crippen LogP contribution in [0.3, 0.4) is 0 Å². The zero-order valence-electron chi connectivity index (χ0n) is 21.0. The van der Waals surface area contributed by atoms with Gasteiger partial charge in [0, 0.05) is 13.1 Å². The molecule has 7 heteroatoms. The Bertz CT molecular complexity index is 986. The number of nitrogens with two attached hydrogens (primary N) is 1. The second kappa shape index (κ2) is 12.7. The monoisotopic (exact) mass is 486 g/mol. The topological polar surface area (TPSA) is 67.2 Å². The number of carbonyl (C=O) groups is 1. The SMILES string of the molecule is CC(C)C(=[NH2+])NC(=O)N1CCC([C@H](C)CCOc2ccc(CCc3cc(F)ccc3F)cc2)CC1. The van der Waals surface area contributed by atoms with Crippen LogP contribution in [-0.4, -0.2) is 36.5 Å². The molecule has 0 saturated carbocycles. The van der Waals surface area contributed by atoms with E-state index in [9.17, 15) is 13.6 Å². The Labute approximate surface area is 207 Å². The number of aryl methyl sites for hydroxylation is 2. The molecule has 1 aliphatic heterocycles. The minimum absolute atomic E-state index is 0.102. The number of amides is 2. The highest BCUT2D eigenvalue weighted by Gasteiger charge is 2.29. The summed E-state index contributed by atoms with van der Waals surface area (Å²) in [4.78, 5) is 14.2. The van der Waals surface area contributed by atoms with Crippen molar-refractivity contribution in [1.29, 1.82) is 0 Å². The van der Waals surface area contributed by atoms with Crippen LogP contribution in [-0.2, 0) is 12.8 Å². The number of ether oxygens (including phenoxy) is 1. The summed E-state index contributed by atoms with van der Waals surface area (Å²) < 4.78 is 33.1. The second-order valence-corrected chi connectivity index (χ2v) is 9.86. The third-order valence-corrected chi connectivity index (χ3v) is 6.96. The van der Waals surface area contributed by atoms with Crippen molar-refractivity contribution in [2.24, 2.45) is 17.8 Å². The van der Waals surface area contributed by atoms with Crippen LogP contribution in [0.25, 0.3) is 0 Å². The van der Waals surface area contributed by atoms with Crippen LogP contribution in [0.2, 0.25) is 0 Å². The molecule has 0 bridgehead atoms. The zero-order chi connectivity index (χ0) is 25.4. The van der Waals surface area contributed by atoms with E-state index in [0.717, 1.165) is 49.7 Å². The van der Waals surface area contributed by atoms with Gasteiger partial charge in [-0.2, -0.15) is 5.32 Å². The molecule has 2 amide bonds. The summed E-state index contributed by atoms with van der Waals surface area (Å²) in [5, 5.41) is 8.68. The van der Waals surface area contributed by atoms with E-state index in [4.69, 9.17) is 10.1 Å². The fourth-order valence-electron chi connectivity index (χ4n) is 4.38. The third kappa shape index (κ3) is 8.05. The number of nitrogens with one attached hydrogen (secondary N) is 1. The lowest BCUT2D eigenvalue weighted by molar-refractivity contribution is -0.123. The maximum Gasteiger partial charge on any atom is 0.408 e. The van der Waals surface area contributed by atoms with Crippen LogP contribution in [0.15, 0.2) is 42.5 Å². The van der Waals surface area contributed by atoms with Crippen LogP contribution < -0.4 is 15.5 Å². The number of amidine groups is 1. The Kier molecular flexibility index (Phi) is 9.64. The number of halogens is 2. The Morgan fingerprint density at radius 1 is 1.09 bits per heavy atom. The van der Waals surface area contributed by atoms with E-state index in [0.29, 0.717) is 42.7 Å². The van der Waals surface area contributed by atoms with Crippen molar-refractivity contribution in [3.63, 3.8) is 0 Å². The van der Waals surface area contributed by atoms with Gasteiger partial charge >= 0.3 is 6.03 Å². The predicted molar refractivity (Wildman–Crippen MR) is 134 cm³/mol. The number of piperidine rings is 1. The first-order valence-electron chi connectivity index (χ1n) is 12.6. The van der Waals surface area contributed by atoms with Crippen molar-refractivity contribution in [3.05, 3.63) is 65.2 Å². The normalized spacial score (nSPS) is 15.2. The van der Waals surface area contributed by atoms with E-state index in [-0.39, 0.29) is 17.8 Å². The maximum atomic E-state index is 13.8. The molecule has 1 atom stereocenters. The molecule has 1 heterocycles. The predicted octanol–water partition coefficient (Wildman–Crippen LogP) is 4.39. The molecule has 1 fully saturated rings. The van der Waals surface area contributed by atoms with E-state index in [2.05, 4.69) is 12.2 Å². The van der Waals surface area contributed by atoms with Gasteiger partial charge in [-0.1, -0.05) is 32.9 Å². The van der Waals surface area contributed by atoms with Gasteiger partial charge in [-0.3, -0.25) is 5.41 Å². The Balaban J connectivity index is 1.36. The first-order valence-corrected chi connectivity index (χ1v) is 12.6. The highest BCUT2D eigenvalue weighted by atomic mass is 19.1. The second-order valence-electron chi connectivity index (χ2n) is 9.86. The van der Waals surface area contributed by atoms with Gasteiger partial charge in [-0.05, 0) is 85.4 Å². The number of hydrogen-bond acceptors (Lipinski definition) is 2. The van der Waals surface area contributed by atoms with Crippen molar-refractivity contribution < 1.29 is 23.7 Å². The fourth-order valence-corrected chi connectivity index (χ4v) is 4.38. The molecule has 0 spiro atoms. The molecule has 1 aliphatic rings. The number of carbonyl (C=O) groups excluding carboxylic acids is 1. The van der Waals surface area contributed by atoms with Crippen molar-refractivity contribution in [2.75, 3.05) is 19.7 Å². The molecule has 35 heavy (non-hydrogen) atoms. The largest absolute Gasteiger partial charge is 0.494 e. The number of rotatable bonds is 9. The summed E-state index contributed by atoms with van der Waals surface area (Å²) in [5.41, 5.74) is 1.45. The minimum atomic E-state index is -0.416. The molecule has 1 saturated heterocycles. The molecule has 3 N–H and O–H groups in total. The summed E-state index contributed by atoms with van der Waals surface area (Å²) in [5.74, 6) is 1.73. The van der Waals surface area contributed by atoms with Gasteiger partial charge in [0.1, 0.15) is 17.4 Å². The molecular formula is C28H38F2N3O2+. The van der Waals surface area contributed by atoms with E-state index in [1.807, 2.05) is 43.0 Å². The van der Waals surface area contributed by atoms with Crippen molar-refractivity contribution in [1.82, 2.24) is 10.2 Å². The molecule has 0 aromatic heterocycles. The zero-order valence-corrected chi connectivity index (χ0v) is 21.0. The Morgan fingerprint density at radius 2 is 1.77 bits per heavy atom. The average molecular weight is 487 g/mol. The number of benzene rings is 2. The Hall–Kier alpha value is -2.96. The maximum absolute atomic E-state index is 13.8. The van der Waals surface area contributed by atoms with Crippen molar-refractivity contribution >= 4 is 11.9 Å². The molecule has 3 rings (SSSR count). The molecule has 2 aromatic rings. The van der Waals surface area contributed by atoms with Crippen LogP contribution in [0.4, 0.5) is 13.6 Å². The molecular weight excluding hydrogens is 448 g/mol. The van der Waals surface area contributed by atoms with E-state index in [1.165, 1.54) is 12.1 Å². The molecule has 190 valence electrons. The summed E-state index contributed by atoms with van der Waals surface area (Å²) >= 11 is 0. The third-order valence-electron chi connectivity index (χ3n) is 6.96. The van der Waals surface area contributed by atoms with Gasteiger partial charge in [0.25, 0.3) is 5.84 Å². The number of nitrogens with zero attached hydrogens (tertiary/aromatic N) is 1. The van der Waals surface area contributed by atoms with Gasteiger partial charge in [0.05, 0.1) is 12.5 Å². The van der Waals surface area contributed by atoms with Gasteiger partial charge in [-0.25, -0.2) is 13.6 Å². The lowest BCUT2D eigenvalue weighted by atomic mass is 9.84. The molecule has 0 unspecified atom stereocenters. The number of urea groups is 1. The quantitative estimate of drug-likeness (QED) is 0.408. The van der Waals surface area contributed by atoms with Gasteiger partial charge in [0.2, 0.25) is 0 Å². The van der Waals surface area contributed by atoms with Gasteiger partial charge in [-0.15, -0.1) is 0 Å². The number of hydrogen-bond donors (Lipinski definition) is 2. The minimum Gasteiger partial charge on any atom is -0.494 e. The lowest BCUT2D eigenvalue weighted by Gasteiger charge is -2.33. The van der Waals surface area contributed by atoms with Crippen LogP contribution in [0, 0.1) is 29.4 Å². The van der Waals surface area contributed by atoms with Crippen LogP contribution in [0.1, 0.15) is 51.2 Å². The molecule has 0 radical (unpaired) electrons.